The van der Waals surface area contributed by atoms with Crippen molar-refractivity contribution >= 4 is 28.5 Å². The second-order valence-corrected chi connectivity index (χ2v) is 5.20. The van der Waals surface area contributed by atoms with E-state index in [4.69, 9.17) is 5.73 Å². The number of halogens is 1. The second-order valence-electron chi connectivity index (χ2n) is 4.23. The minimum absolute atomic E-state index is 0.258. The lowest BCUT2D eigenvalue weighted by Gasteiger charge is -1.99. The smallest absolute Gasteiger partial charge is 0.166 e. The number of aromatic amines is 1. The molecule has 3 rings (SSSR count). The maximum absolute atomic E-state index is 13.1. The van der Waals surface area contributed by atoms with Gasteiger partial charge < -0.3 is 10.7 Å². The van der Waals surface area contributed by atoms with Gasteiger partial charge in [-0.3, -0.25) is 0 Å². The first kappa shape index (κ1) is 12.0. The number of hydrogen-bond donors (Lipinski definition) is 2. The molecule has 3 aromatic rings. The molecular weight excluding hydrogens is 261 g/mol. The van der Waals surface area contributed by atoms with Crippen LogP contribution in [0.4, 0.5) is 10.1 Å². The van der Waals surface area contributed by atoms with Crippen LogP contribution in [0.5, 0.6) is 0 Å². The van der Waals surface area contributed by atoms with Gasteiger partial charge in [0, 0.05) is 11.4 Å². The lowest BCUT2D eigenvalue weighted by atomic mass is 10.2. The van der Waals surface area contributed by atoms with E-state index < -0.39 is 0 Å². The predicted molar refractivity (Wildman–Crippen MR) is 76.5 cm³/mol. The lowest BCUT2D eigenvalue weighted by Crippen LogP contribution is -1.86. The molecule has 0 fully saturated rings. The predicted octanol–water partition coefficient (Wildman–Crippen LogP) is 3.58. The zero-order valence-corrected chi connectivity index (χ0v) is 10.9. The van der Waals surface area contributed by atoms with Gasteiger partial charge in [0.15, 0.2) is 5.16 Å². The molecule has 0 radical (unpaired) electrons. The molecule has 0 unspecified atom stereocenters. The topological polar surface area (TPSA) is 54.7 Å². The van der Waals surface area contributed by atoms with Crippen molar-refractivity contribution in [3.63, 3.8) is 0 Å². The molecular formula is C14H12FN3S. The monoisotopic (exact) mass is 273 g/mol. The summed E-state index contributed by atoms with van der Waals surface area (Å²) in [4.78, 5) is 7.51. The fourth-order valence-electron chi connectivity index (χ4n) is 1.79. The summed E-state index contributed by atoms with van der Waals surface area (Å²) in [6.07, 6.45) is 0. The Balaban J connectivity index is 1.76. The van der Waals surface area contributed by atoms with E-state index in [1.165, 1.54) is 17.7 Å². The average Bonchev–Trinajstić information content (AvgIpc) is 2.80. The number of rotatable bonds is 3. The number of nitrogens with one attached hydrogen (secondary N) is 1. The van der Waals surface area contributed by atoms with Crippen molar-refractivity contribution in [2.24, 2.45) is 0 Å². The number of nitrogens with two attached hydrogens (primary N) is 1. The third kappa shape index (κ3) is 2.71. The van der Waals surface area contributed by atoms with Crippen LogP contribution in [0.15, 0.2) is 47.6 Å². The highest BCUT2D eigenvalue weighted by molar-refractivity contribution is 7.98. The summed E-state index contributed by atoms with van der Waals surface area (Å²) in [5.41, 5.74) is 9.07. The molecule has 3 nitrogen and oxygen atoms in total. The van der Waals surface area contributed by atoms with E-state index in [1.807, 2.05) is 24.3 Å². The van der Waals surface area contributed by atoms with Crippen molar-refractivity contribution in [1.82, 2.24) is 9.97 Å². The van der Waals surface area contributed by atoms with Crippen LogP contribution in [-0.2, 0) is 5.75 Å². The van der Waals surface area contributed by atoms with Crippen LogP contribution in [0.25, 0.3) is 11.0 Å². The van der Waals surface area contributed by atoms with Gasteiger partial charge in [0.25, 0.3) is 0 Å². The fraction of sp³-hybridized carbons (Fsp3) is 0.0714. The lowest BCUT2D eigenvalue weighted by molar-refractivity contribution is 0.629. The van der Waals surface area contributed by atoms with Crippen molar-refractivity contribution in [2.75, 3.05) is 5.73 Å². The van der Waals surface area contributed by atoms with Gasteiger partial charge in [-0.2, -0.15) is 0 Å². The number of fused-ring (bicyclic) bond motifs is 1. The van der Waals surface area contributed by atoms with Crippen molar-refractivity contribution < 1.29 is 4.39 Å². The Bertz CT molecular complexity index is 706. The highest BCUT2D eigenvalue weighted by Crippen LogP contribution is 2.23. The zero-order valence-electron chi connectivity index (χ0n) is 10.1. The van der Waals surface area contributed by atoms with E-state index in [-0.39, 0.29) is 5.82 Å². The van der Waals surface area contributed by atoms with Gasteiger partial charge in [0.05, 0.1) is 11.0 Å². The van der Waals surface area contributed by atoms with Crippen LogP contribution in [0.1, 0.15) is 5.56 Å². The Morgan fingerprint density at radius 2 is 1.95 bits per heavy atom. The molecule has 0 atom stereocenters. The maximum Gasteiger partial charge on any atom is 0.166 e. The number of imidazole rings is 1. The molecule has 0 aliphatic heterocycles. The maximum atomic E-state index is 13.1. The summed E-state index contributed by atoms with van der Waals surface area (Å²) in [7, 11) is 0. The third-order valence-electron chi connectivity index (χ3n) is 2.78. The second kappa shape index (κ2) is 4.93. The Hall–Kier alpha value is -2.01. The third-order valence-corrected chi connectivity index (χ3v) is 3.72. The molecule has 0 bridgehead atoms. The summed E-state index contributed by atoms with van der Waals surface area (Å²) in [6.45, 7) is 0. The quantitative estimate of drug-likeness (QED) is 0.566. The Kier molecular flexibility index (Phi) is 3.13. The van der Waals surface area contributed by atoms with Gasteiger partial charge in [-0.15, -0.1) is 0 Å². The number of H-pyrrole nitrogens is 1. The van der Waals surface area contributed by atoms with Crippen LogP contribution in [0, 0.1) is 5.82 Å². The van der Waals surface area contributed by atoms with E-state index >= 15 is 0 Å². The standard InChI is InChI=1S/C14H12FN3S/c15-10-3-6-12-13(7-10)18-14(17-12)19-8-9-1-4-11(16)5-2-9/h1-7H,8,16H2,(H,17,18). The Morgan fingerprint density at radius 3 is 2.74 bits per heavy atom. The van der Waals surface area contributed by atoms with E-state index in [1.54, 1.807) is 17.8 Å². The van der Waals surface area contributed by atoms with Gasteiger partial charge in [0.2, 0.25) is 0 Å². The van der Waals surface area contributed by atoms with Crippen LogP contribution < -0.4 is 5.73 Å². The van der Waals surface area contributed by atoms with Crippen molar-refractivity contribution in [2.45, 2.75) is 10.9 Å². The zero-order chi connectivity index (χ0) is 13.2. The number of hydrogen-bond acceptors (Lipinski definition) is 3. The SMILES string of the molecule is Nc1ccc(CSc2nc3ccc(F)cc3[nH]2)cc1. The molecule has 1 heterocycles. The molecule has 0 saturated carbocycles. The summed E-state index contributed by atoms with van der Waals surface area (Å²) in [6, 6.07) is 12.3. The van der Waals surface area contributed by atoms with E-state index in [0.29, 0.717) is 0 Å². The van der Waals surface area contributed by atoms with Crippen LogP contribution in [0.2, 0.25) is 0 Å². The van der Waals surface area contributed by atoms with Gasteiger partial charge in [0.1, 0.15) is 5.82 Å². The van der Waals surface area contributed by atoms with Crippen LogP contribution in [-0.4, -0.2) is 9.97 Å². The summed E-state index contributed by atoms with van der Waals surface area (Å²) in [5.74, 6) is 0.536. The van der Waals surface area contributed by atoms with Crippen LogP contribution in [0.3, 0.4) is 0 Å². The number of aromatic nitrogens is 2. The normalized spacial score (nSPS) is 11.0. The molecule has 0 saturated heterocycles. The molecule has 1 aromatic heterocycles. The van der Waals surface area contributed by atoms with Crippen molar-refractivity contribution in [3.8, 4) is 0 Å². The molecule has 2 aromatic carbocycles. The first-order valence-corrected chi connectivity index (χ1v) is 6.82. The van der Waals surface area contributed by atoms with Gasteiger partial charge in [-0.05, 0) is 35.9 Å². The first-order chi connectivity index (χ1) is 9.20. The minimum Gasteiger partial charge on any atom is -0.399 e. The highest BCUT2D eigenvalue weighted by Gasteiger charge is 2.04. The average molecular weight is 273 g/mol. The molecule has 0 aliphatic rings. The number of nitrogens with zero attached hydrogens (tertiary/aromatic N) is 1. The number of thioether (sulfide) groups is 1. The Morgan fingerprint density at radius 1 is 1.16 bits per heavy atom. The molecule has 19 heavy (non-hydrogen) atoms. The number of anilines is 1. The molecule has 5 heteroatoms. The van der Waals surface area contributed by atoms with Crippen LogP contribution >= 0.6 is 11.8 Å². The Labute approximate surface area is 114 Å². The number of nitrogen functional groups attached to an aromatic ring is 1. The molecule has 96 valence electrons. The first-order valence-electron chi connectivity index (χ1n) is 5.83. The van der Waals surface area contributed by atoms with E-state index in [0.717, 1.165) is 27.6 Å². The fourth-order valence-corrected chi connectivity index (χ4v) is 2.63. The molecule has 0 aliphatic carbocycles. The molecule has 3 N–H and O–H groups in total. The molecule has 0 amide bonds. The summed E-state index contributed by atoms with van der Waals surface area (Å²) in [5, 5.41) is 0.789. The molecule has 0 spiro atoms. The van der Waals surface area contributed by atoms with E-state index in [2.05, 4.69) is 9.97 Å². The largest absolute Gasteiger partial charge is 0.399 e. The minimum atomic E-state index is -0.258. The summed E-state index contributed by atoms with van der Waals surface area (Å²) >= 11 is 1.58. The van der Waals surface area contributed by atoms with Crippen molar-refractivity contribution in [3.05, 3.63) is 53.8 Å². The number of benzene rings is 2. The van der Waals surface area contributed by atoms with Gasteiger partial charge >= 0.3 is 0 Å². The van der Waals surface area contributed by atoms with Gasteiger partial charge in [-0.1, -0.05) is 23.9 Å². The van der Waals surface area contributed by atoms with Gasteiger partial charge in [-0.25, -0.2) is 9.37 Å². The highest BCUT2D eigenvalue weighted by atomic mass is 32.2. The summed E-state index contributed by atoms with van der Waals surface area (Å²) < 4.78 is 13.1. The van der Waals surface area contributed by atoms with E-state index in [9.17, 15) is 4.39 Å². The van der Waals surface area contributed by atoms with Crippen molar-refractivity contribution in [1.29, 1.82) is 0 Å².